The number of amides is 1. The van der Waals surface area contributed by atoms with Gasteiger partial charge in [-0.3, -0.25) is 4.79 Å². The zero-order valence-corrected chi connectivity index (χ0v) is 9.70. The van der Waals surface area contributed by atoms with Crippen LogP contribution in [-0.2, 0) is 0 Å². The lowest BCUT2D eigenvalue weighted by Gasteiger charge is -2.23. The fraction of sp³-hybridized carbons (Fsp3) is 0.417. The van der Waals surface area contributed by atoms with Crippen LogP contribution in [0.1, 0.15) is 23.2 Å². The SMILES string of the molecule is Nc1c(F)cc(C(=O)N2CCCC2CO)cc1F. The average molecular weight is 256 g/mol. The zero-order valence-electron chi connectivity index (χ0n) is 9.70. The third kappa shape index (κ3) is 2.15. The Morgan fingerprint density at radius 2 is 2.06 bits per heavy atom. The third-order valence-corrected chi connectivity index (χ3v) is 3.17. The standard InChI is InChI=1S/C12H14F2N2O2/c13-9-4-7(5-10(14)11(9)15)12(18)16-3-1-2-8(16)6-17/h4-5,8,17H,1-3,6,15H2. The smallest absolute Gasteiger partial charge is 0.254 e. The lowest BCUT2D eigenvalue weighted by Crippen LogP contribution is -2.37. The van der Waals surface area contributed by atoms with Crippen LogP contribution in [0.5, 0.6) is 0 Å². The van der Waals surface area contributed by atoms with Gasteiger partial charge in [0.25, 0.3) is 5.91 Å². The number of hydrogen-bond acceptors (Lipinski definition) is 3. The summed E-state index contributed by atoms with van der Waals surface area (Å²) in [6.07, 6.45) is 1.47. The number of rotatable bonds is 2. The Labute approximate surface area is 103 Å². The van der Waals surface area contributed by atoms with Crippen molar-refractivity contribution in [1.29, 1.82) is 0 Å². The molecule has 1 amide bonds. The maximum atomic E-state index is 13.3. The number of likely N-dealkylation sites (tertiary alicyclic amines) is 1. The highest BCUT2D eigenvalue weighted by atomic mass is 19.1. The maximum absolute atomic E-state index is 13.3. The second kappa shape index (κ2) is 4.89. The van der Waals surface area contributed by atoms with Crippen LogP contribution in [0, 0.1) is 11.6 Å². The van der Waals surface area contributed by atoms with Crippen LogP contribution in [0.2, 0.25) is 0 Å². The first-order valence-electron chi connectivity index (χ1n) is 5.71. The highest BCUT2D eigenvalue weighted by Gasteiger charge is 2.29. The molecular weight excluding hydrogens is 242 g/mol. The van der Waals surface area contributed by atoms with Gasteiger partial charge >= 0.3 is 0 Å². The van der Waals surface area contributed by atoms with Gasteiger partial charge in [-0.2, -0.15) is 0 Å². The summed E-state index contributed by atoms with van der Waals surface area (Å²) in [4.78, 5) is 13.5. The molecule has 98 valence electrons. The number of aliphatic hydroxyl groups is 1. The quantitative estimate of drug-likeness (QED) is 0.780. The van der Waals surface area contributed by atoms with Crippen LogP contribution in [0.15, 0.2) is 12.1 Å². The molecule has 0 saturated carbocycles. The Morgan fingerprint density at radius 3 is 2.61 bits per heavy atom. The summed E-state index contributed by atoms with van der Waals surface area (Å²) in [5, 5.41) is 9.12. The van der Waals surface area contributed by atoms with Crippen molar-refractivity contribution >= 4 is 11.6 Å². The van der Waals surface area contributed by atoms with E-state index in [1.54, 1.807) is 0 Å². The molecule has 2 rings (SSSR count). The Morgan fingerprint density at radius 1 is 1.44 bits per heavy atom. The van der Waals surface area contributed by atoms with Gasteiger partial charge in [0.2, 0.25) is 0 Å². The highest BCUT2D eigenvalue weighted by Crippen LogP contribution is 2.23. The largest absolute Gasteiger partial charge is 0.394 e. The molecule has 1 aliphatic rings. The van der Waals surface area contributed by atoms with E-state index in [1.807, 2.05) is 0 Å². The van der Waals surface area contributed by atoms with Crippen molar-refractivity contribution in [3.05, 3.63) is 29.3 Å². The fourth-order valence-electron chi connectivity index (χ4n) is 2.17. The van der Waals surface area contributed by atoms with Gasteiger partial charge in [-0.1, -0.05) is 0 Å². The van der Waals surface area contributed by atoms with E-state index in [0.29, 0.717) is 13.0 Å². The number of anilines is 1. The van der Waals surface area contributed by atoms with Crippen molar-refractivity contribution in [2.75, 3.05) is 18.9 Å². The molecule has 0 spiro atoms. The summed E-state index contributed by atoms with van der Waals surface area (Å²) in [6, 6.07) is 1.57. The van der Waals surface area contributed by atoms with Crippen molar-refractivity contribution in [3.8, 4) is 0 Å². The third-order valence-electron chi connectivity index (χ3n) is 3.17. The van der Waals surface area contributed by atoms with Gasteiger partial charge in [0.1, 0.15) is 17.3 Å². The van der Waals surface area contributed by atoms with E-state index in [0.717, 1.165) is 18.6 Å². The predicted octanol–water partition coefficient (Wildman–Crippen LogP) is 1.14. The first kappa shape index (κ1) is 12.8. The molecule has 0 aliphatic carbocycles. The normalized spacial score (nSPS) is 19.3. The molecule has 18 heavy (non-hydrogen) atoms. The zero-order chi connectivity index (χ0) is 13.3. The van der Waals surface area contributed by atoms with E-state index in [1.165, 1.54) is 4.90 Å². The summed E-state index contributed by atoms with van der Waals surface area (Å²) in [5.41, 5.74) is 4.47. The maximum Gasteiger partial charge on any atom is 0.254 e. The van der Waals surface area contributed by atoms with Crippen LogP contribution in [-0.4, -0.2) is 35.1 Å². The number of nitrogens with zero attached hydrogens (tertiary/aromatic N) is 1. The molecule has 1 unspecified atom stereocenters. The Balaban J connectivity index is 2.29. The minimum atomic E-state index is -0.946. The Kier molecular flexibility index (Phi) is 3.47. The van der Waals surface area contributed by atoms with Gasteiger partial charge in [0.15, 0.2) is 0 Å². The summed E-state index contributed by atoms with van der Waals surface area (Å²) in [7, 11) is 0. The number of carbonyl (C=O) groups is 1. The number of carbonyl (C=O) groups excluding carboxylic acids is 1. The molecule has 6 heteroatoms. The van der Waals surface area contributed by atoms with Crippen molar-refractivity contribution in [3.63, 3.8) is 0 Å². The second-order valence-electron chi connectivity index (χ2n) is 4.33. The van der Waals surface area contributed by atoms with Crippen molar-refractivity contribution in [1.82, 2.24) is 4.90 Å². The van der Waals surface area contributed by atoms with Crippen LogP contribution in [0.25, 0.3) is 0 Å². The van der Waals surface area contributed by atoms with Crippen LogP contribution in [0.3, 0.4) is 0 Å². The lowest BCUT2D eigenvalue weighted by atomic mass is 10.1. The monoisotopic (exact) mass is 256 g/mol. The van der Waals surface area contributed by atoms with Crippen LogP contribution in [0.4, 0.5) is 14.5 Å². The minimum Gasteiger partial charge on any atom is -0.394 e. The molecule has 1 aliphatic heterocycles. The van der Waals surface area contributed by atoms with E-state index in [-0.39, 0.29) is 18.2 Å². The molecule has 0 aromatic heterocycles. The molecule has 1 aromatic carbocycles. The molecule has 0 bridgehead atoms. The predicted molar refractivity (Wildman–Crippen MR) is 61.9 cm³/mol. The lowest BCUT2D eigenvalue weighted by molar-refractivity contribution is 0.0676. The van der Waals surface area contributed by atoms with E-state index >= 15 is 0 Å². The van der Waals surface area contributed by atoms with Gasteiger partial charge in [-0.15, -0.1) is 0 Å². The first-order chi connectivity index (χ1) is 8.54. The molecule has 1 aromatic rings. The minimum absolute atomic E-state index is 0.0837. The molecule has 0 radical (unpaired) electrons. The molecule has 1 saturated heterocycles. The number of benzene rings is 1. The fourth-order valence-corrected chi connectivity index (χ4v) is 2.17. The van der Waals surface area contributed by atoms with Gasteiger partial charge in [-0.25, -0.2) is 8.78 Å². The molecule has 1 atom stereocenters. The van der Waals surface area contributed by atoms with Crippen LogP contribution >= 0.6 is 0 Å². The van der Waals surface area contributed by atoms with Crippen molar-refractivity contribution < 1.29 is 18.7 Å². The summed E-state index contributed by atoms with van der Waals surface area (Å²) in [5.74, 6) is -2.37. The van der Waals surface area contributed by atoms with E-state index in [4.69, 9.17) is 10.8 Å². The topological polar surface area (TPSA) is 66.6 Å². The number of aliphatic hydroxyl groups excluding tert-OH is 1. The average Bonchev–Trinajstić information content (AvgIpc) is 2.82. The van der Waals surface area contributed by atoms with Gasteiger partial charge in [0, 0.05) is 12.1 Å². The Bertz CT molecular complexity index is 456. The van der Waals surface area contributed by atoms with E-state index in [2.05, 4.69) is 0 Å². The summed E-state index contributed by atoms with van der Waals surface area (Å²) < 4.78 is 26.6. The Hall–Kier alpha value is -1.69. The van der Waals surface area contributed by atoms with E-state index in [9.17, 15) is 13.6 Å². The molecule has 1 fully saturated rings. The van der Waals surface area contributed by atoms with Gasteiger partial charge in [0.05, 0.1) is 12.6 Å². The van der Waals surface area contributed by atoms with Crippen molar-refractivity contribution in [2.45, 2.75) is 18.9 Å². The van der Waals surface area contributed by atoms with Gasteiger partial charge in [-0.05, 0) is 25.0 Å². The molecule has 1 heterocycles. The molecule has 3 N–H and O–H groups in total. The summed E-state index contributed by atoms with van der Waals surface area (Å²) >= 11 is 0. The molecule has 4 nitrogen and oxygen atoms in total. The second-order valence-corrected chi connectivity index (χ2v) is 4.33. The summed E-state index contributed by atoms with van der Waals surface area (Å²) in [6.45, 7) is 0.337. The molecular formula is C12H14F2N2O2. The number of halogens is 2. The van der Waals surface area contributed by atoms with Crippen molar-refractivity contribution in [2.24, 2.45) is 0 Å². The van der Waals surface area contributed by atoms with E-state index < -0.39 is 23.2 Å². The van der Waals surface area contributed by atoms with Crippen LogP contribution < -0.4 is 5.73 Å². The number of nitrogen functional groups attached to an aromatic ring is 1. The highest BCUT2D eigenvalue weighted by molar-refractivity contribution is 5.95. The number of nitrogens with two attached hydrogens (primary N) is 1. The number of hydrogen-bond donors (Lipinski definition) is 2. The first-order valence-corrected chi connectivity index (χ1v) is 5.71. The van der Waals surface area contributed by atoms with Gasteiger partial charge < -0.3 is 15.7 Å².